The van der Waals surface area contributed by atoms with Gasteiger partial charge in [0.15, 0.2) is 5.69 Å². The molecule has 0 radical (unpaired) electrons. The number of nitrogens with one attached hydrogen (secondary N) is 1. The topological polar surface area (TPSA) is 78.9 Å². The van der Waals surface area contributed by atoms with E-state index in [-0.39, 0.29) is 34.2 Å². The predicted molar refractivity (Wildman–Crippen MR) is 96.1 cm³/mol. The lowest BCUT2D eigenvalue weighted by Crippen LogP contribution is -2.25. The van der Waals surface area contributed by atoms with Crippen molar-refractivity contribution in [3.8, 4) is 17.2 Å². The van der Waals surface area contributed by atoms with Gasteiger partial charge in [-0.15, -0.1) is 0 Å². The summed E-state index contributed by atoms with van der Waals surface area (Å²) in [6, 6.07) is 4.39. The Bertz CT molecular complexity index is 1050. The minimum Gasteiger partial charge on any atom is -0.367 e. The normalized spacial score (nSPS) is 15.0. The number of nitrogens with zero attached hydrogens (tertiary/aromatic N) is 5. The van der Waals surface area contributed by atoms with Crippen LogP contribution >= 0.6 is 0 Å². The van der Waals surface area contributed by atoms with Crippen LogP contribution in [-0.2, 0) is 0 Å². The zero-order valence-electron chi connectivity index (χ0n) is 14.8. The maximum absolute atomic E-state index is 14.7. The highest BCUT2D eigenvalue weighted by Gasteiger charge is 2.24. The van der Waals surface area contributed by atoms with E-state index in [1.807, 2.05) is 6.07 Å². The number of anilines is 1. The average molecular weight is 368 g/mol. The van der Waals surface area contributed by atoms with Gasteiger partial charge in [0.2, 0.25) is 0 Å². The molecular weight excluding hydrogens is 350 g/mol. The summed E-state index contributed by atoms with van der Waals surface area (Å²) >= 11 is 0. The Labute approximate surface area is 154 Å². The van der Waals surface area contributed by atoms with Crippen LogP contribution in [0.25, 0.3) is 16.9 Å². The number of rotatable bonds is 3. The van der Waals surface area contributed by atoms with E-state index in [9.17, 15) is 14.0 Å². The van der Waals surface area contributed by atoms with Crippen molar-refractivity contribution in [2.45, 2.75) is 45.1 Å². The third-order valence-electron chi connectivity index (χ3n) is 5.00. The molecule has 0 saturated heterocycles. The highest BCUT2D eigenvalue weighted by molar-refractivity contribution is 5.81. The van der Waals surface area contributed by atoms with Crippen LogP contribution in [0, 0.1) is 29.9 Å². The molecule has 1 fully saturated rings. The first kappa shape index (κ1) is 17.3. The van der Waals surface area contributed by atoms with Gasteiger partial charge < -0.3 is 5.32 Å². The molecule has 1 aliphatic rings. The molecule has 8 heteroatoms. The zero-order chi connectivity index (χ0) is 19.0. The minimum absolute atomic E-state index is 0.0159. The van der Waals surface area contributed by atoms with Crippen LogP contribution in [0.1, 0.15) is 43.4 Å². The fourth-order valence-corrected chi connectivity index (χ4v) is 3.59. The van der Waals surface area contributed by atoms with Crippen molar-refractivity contribution in [2.24, 2.45) is 0 Å². The molecule has 4 rings (SSSR count). The molecule has 3 aromatic rings. The number of aryl methyl sites for hydroxylation is 1. The number of fused-ring (bicyclic) bond motifs is 1. The summed E-state index contributed by atoms with van der Waals surface area (Å²) in [6.45, 7) is 1.49. The summed E-state index contributed by atoms with van der Waals surface area (Å²) in [5.74, 6) is -0.499. The first-order valence-corrected chi connectivity index (χ1v) is 8.95. The predicted octanol–water partition coefficient (Wildman–Crippen LogP) is 3.99. The summed E-state index contributed by atoms with van der Waals surface area (Å²) in [6.07, 6.45) is 6.62. The van der Waals surface area contributed by atoms with Crippen molar-refractivity contribution >= 4 is 11.6 Å². The van der Waals surface area contributed by atoms with E-state index in [4.69, 9.17) is 0 Å². The Morgan fingerprint density at radius 2 is 1.96 bits per heavy atom. The van der Waals surface area contributed by atoms with Gasteiger partial charge in [0.1, 0.15) is 29.8 Å². The standard InChI is InChI=1S/C19H18F2N6/c1-11-7-15(21)13(8-14(11)20)17-16(9-22)26-19-23-10-24-27(19)18(17)25-12-5-3-2-4-6-12/h7-8,10,12,25H,2-6H2,1H3. The van der Waals surface area contributed by atoms with E-state index < -0.39 is 11.6 Å². The van der Waals surface area contributed by atoms with Crippen LogP contribution in [-0.4, -0.2) is 25.6 Å². The minimum atomic E-state index is -0.613. The third-order valence-corrected chi connectivity index (χ3v) is 5.00. The van der Waals surface area contributed by atoms with Crippen LogP contribution in [0.3, 0.4) is 0 Å². The lowest BCUT2D eigenvalue weighted by atomic mass is 9.95. The average Bonchev–Trinajstić information content (AvgIpc) is 3.14. The lowest BCUT2D eigenvalue weighted by molar-refractivity contribution is 0.461. The van der Waals surface area contributed by atoms with Gasteiger partial charge in [0.25, 0.3) is 5.78 Å². The Balaban J connectivity index is 1.96. The van der Waals surface area contributed by atoms with E-state index in [0.29, 0.717) is 5.82 Å². The molecule has 0 aliphatic heterocycles. The molecule has 6 nitrogen and oxygen atoms in total. The van der Waals surface area contributed by atoms with Crippen molar-refractivity contribution in [2.75, 3.05) is 5.32 Å². The summed E-state index contributed by atoms with van der Waals surface area (Å²) in [5.41, 5.74) is 0.373. The molecule has 1 aromatic carbocycles. The fraction of sp³-hybridized carbons (Fsp3) is 0.368. The van der Waals surface area contributed by atoms with Crippen LogP contribution in [0.4, 0.5) is 14.6 Å². The van der Waals surface area contributed by atoms with Crippen molar-refractivity contribution in [3.05, 3.63) is 41.4 Å². The summed E-state index contributed by atoms with van der Waals surface area (Å²) < 4.78 is 30.4. The van der Waals surface area contributed by atoms with Crippen molar-refractivity contribution < 1.29 is 8.78 Å². The van der Waals surface area contributed by atoms with E-state index in [2.05, 4.69) is 20.4 Å². The van der Waals surface area contributed by atoms with Crippen LogP contribution in [0.15, 0.2) is 18.5 Å². The quantitative estimate of drug-likeness (QED) is 0.756. The molecule has 1 saturated carbocycles. The van der Waals surface area contributed by atoms with Gasteiger partial charge in [-0.25, -0.2) is 8.78 Å². The molecule has 2 heterocycles. The van der Waals surface area contributed by atoms with Crippen molar-refractivity contribution in [3.63, 3.8) is 0 Å². The highest BCUT2D eigenvalue weighted by atomic mass is 19.1. The number of benzene rings is 1. The maximum Gasteiger partial charge on any atom is 0.255 e. The second-order valence-corrected chi connectivity index (χ2v) is 6.83. The lowest BCUT2D eigenvalue weighted by Gasteiger charge is -2.25. The largest absolute Gasteiger partial charge is 0.367 e. The number of hydrogen-bond acceptors (Lipinski definition) is 5. The summed E-state index contributed by atoms with van der Waals surface area (Å²) in [7, 11) is 0. The van der Waals surface area contributed by atoms with Crippen molar-refractivity contribution in [1.29, 1.82) is 5.26 Å². The summed E-state index contributed by atoms with van der Waals surface area (Å²) in [4.78, 5) is 8.23. The molecule has 0 unspecified atom stereocenters. The molecule has 1 aliphatic carbocycles. The maximum atomic E-state index is 14.7. The first-order valence-electron chi connectivity index (χ1n) is 8.95. The van der Waals surface area contributed by atoms with Gasteiger partial charge in [0.05, 0.1) is 5.56 Å². The number of nitriles is 1. The summed E-state index contributed by atoms with van der Waals surface area (Å²) in [5, 5.41) is 17.2. The number of hydrogen-bond donors (Lipinski definition) is 1. The first-order chi connectivity index (χ1) is 13.1. The monoisotopic (exact) mass is 368 g/mol. The molecule has 0 atom stereocenters. The molecule has 138 valence electrons. The van der Waals surface area contributed by atoms with Crippen LogP contribution in [0.5, 0.6) is 0 Å². The second-order valence-electron chi connectivity index (χ2n) is 6.83. The molecule has 2 aromatic heterocycles. The smallest absolute Gasteiger partial charge is 0.255 e. The molecule has 27 heavy (non-hydrogen) atoms. The molecule has 0 bridgehead atoms. The van der Waals surface area contributed by atoms with E-state index >= 15 is 0 Å². The van der Waals surface area contributed by atoms with Gasteiger partial charge in [-0.05, 0) is 37.5 Å². The number of halogens is 2. The fourth-order valence-electron chi connectivity index (χ4n) is 3.59. The van der Waals surface area contributed by atoms with Crippen molar-refractivity contribution in [1.82, 2.24) is 19.6 Å². The molecular formula is C19H18F2N6. The van der Waals surface area contributed by atoms with E-state index in [0.717, 1.165) is 37.8 Å². The Morgan fingerprint density at radius 3 is 2.70 bits per heavy atom. The third kappa shape index (κ3) is 3.10. The van der Waals surface area contributed by atoms with Gasteiger partial charge in [-0.3, -0.25) is 0 Å². The van der Waals surface area contributed by atoms with Gasteiger partial charge >= 0.3 is 0 Å². The SMILES string of the molecule is Cc1cc(F)c(-c2c(C#N)nc3ncnn3c2NC2CCCCC2)cc1F. The number of aromatic nitrogens is 4. The zero-order valence-corrected chi connectivity index (χ0v) is 14.8. The van der Waals surface area contributed by atoms with Crippen LogP contribution in [0.2, 0.25) is 0 Å². The Kier molecular flexibility index (Phi) is 4.44. The van der Waals surface area contributed by atoms with E-state index in [1.165, 1.54) is 24.2 Å². The highest BCUT2D eigenvalue weighted by Crippen LogP contribution is 2.35. The van der Waals surface area contributed by atoms with Gasteiger partial charge in [0, 0.05) is 11.6 Å². The van der Waals surface area contributed by atoms with E-state index in [1.54, 1.807) is 0 Å². The Hall–Kier alpha value is -3.08. The Morgan fingerprint density at radius 1 is 1.19 bits per heavy atom. The van der Waals surface area contributed by atoms with Crippen LogP contribution < -0.4 is 5.32 Å². The van der Waals surface area contributed by atoms with Gasteiger partial charge in [-0.1, -0.05) is 19.3 Å². The molecule has 0 spiro atoms. The molecule has 1 N–H and O–H groups in total. The van der Waals surface area contributed by atoms with Gasteiger partial charge in [-0.2, -0.15) is 24.8 Å². The second kappa shape index (κ2) is 6.91. The molecule has 0 amide bonds.